The van der Waals surface area contributed by atoms with Gasteiger partial charge in [0.2, 0.25) is 0 Å². The van der Waals surface area contributed by atoms with Gasteiger partial charge in [-0.05, 0) is 43.4 Å². The van der Waals surface area contributed by atoms with E-state index < -0.39 is 0 Å². The molecule has 1 saturated carbocycles. The van der Waals surface area contributed by atoms with Crippen LogP contribution in [0.15, 0.2) is 0 Å². The summed E-state index contributed by atoms with van der Waals surface area (Å²) in [5.74, 6) is 0.681. The molecule has 0 radical (unpaired) electrons. The third-order valence-corrected chi connectivity index (χ3v) is 4.27. The van der Waals surface area contributed by atoms with Gasteiger partial charge in [-0.3, -0.25) is 0 Å². The zero-order chi connectivity index (χ0) is 12.3. The van der Waals surface area contributed by atoms with Crippen LogP contribution in [0.5, 0.6) is 0 Å². The minimum absolute atomic E-state index is 0.239. The van der Waals surface area contributed by atoms with Gasteiger partial charge < -0.3 is 15.2 Å². The summed E-state index contributed by atoms with van der Waals surface area (Å²) >= 11 is 0. The Labute approximate surface area is 105 Å². The Morgan fingerprint density at radius 3 is 2.65 bits per heavy atom. The molecule has 3 heteroatoms. The van der Waals surface area contributed by atoms with E-state index >= 15 is 0 Å². The molecule has 0 aromatic rings. The predicted octanol–water partition coefficient (Wildman–Crippen LogP) is 2.34. The first-order valence-corrected chi connectivity index (χ1v) is 7.02. The highest BCUT2D eigenvalue weighted by Gasteiger charge is 2.34. The fourth-order valence-corrected chi connectivity index (χ4v) is 2.90. The van der Waals surface area contributed by atoms with Crippen molar-refractivity contribution in [1.82, 2.24) is 0 Å². The number of rotatable bonds is 3. The average Bonchev–Trinajstić information content (AvgIpc) is 2.32. The van der Waals surface area contributed by atoms with E-state index in [0.29, 0.717) is 11.3 Å². The van der Waals surface area contributed by atoms with Gasteiger partial charge in [-0.15, -0.1) is 0 Å². The standard InChI is InChI=1S/C14H27NO2/c1-14(2)6-3-12(15)13(9-14)17-10-11-4-7-16-8-5-11/h11-13H,3-10,15H2,1-2H3. The minimum atomic E-state index is 0.239. The first-order valence-electron chi connectivity index (χ1n) is 7.02. The Hall–Kier alpha value is -0.120. The highest BCUT2D eigenvalue weighted by molar-refractivity contribution is 4.88. The second-order valence-electron chi connectivity index (χ2n) is 6.50. The molecular weight excluding hydrogens is 214 g/mol. The molecule has 1 saturated heterocycles. The highest BCUT2D eigenvalue weighted by Crippen LogP contribution is 2.36. The van der Waals surface area contributed by atoms with Gasteiger partial charge in [-0.25, -0.2) is 0 Å². The molecule has 2 fully saturated rings. The van der Waals surface area contributed by atoms with Crippen LogP contribution < -0.4 is 5.73 Å². The van der Waals surface area contributed by atoms with Gasteiger partial charge in [-0.2, -0.15) is 0 Å². The van der Waals surface area contributed by atoms with Crippen LogP contribution in [0.1, 0.15) is 46.0 Å². The fraction of sp³-hybridized carbons (Fsp3) is 1.00. The van der Waals surface area contributed by atoms with Crippen LogP contribution in [0.4, 0.5) is 0 Å². The number of hydrogen-bond acceptors (Lipinski definition) is 3. The van der Waals surface area contributed by atoms with E-state index in [1.165, 1.54) is 6.42 Å². The van der Waals surface area contributed by atoms with Gasteiger partial charge in [0, 0.05) is 19.3 Å². The summed E-state index contributed by atoms with van der Waals surface area (Å²) in [6.45, 7) is 7.32. The molecule has 2 N–H and O–H groups in total. The summed E-state index contributed by atoms with van der Waals surface area (Å²) in [6.07, 6.45) is 5.99. The largest absolute Gasteiger partial charge is 0.381 e. The van der Waals surface area contributed by atoms with Gasteiger partial charge in [-0.1, -0.05) is 13.8 Å². The van der Waals surface area contributed by atoms with Crippen molar-refractivity contribution >= 4 is 0 Å². The lowest BCUT2D eigenvalue weighted by Crippen LogP contribution is -2.45. The molecule has 0 aromatic carbocycles. The zero-order valence-corrected chi connectivity index (χ0v) is 11.3. The fourth-order valence-electron chi connectivity index (χ4n) is 2.90. The lowest BCUT2D eigenvalue weighted by atomic mass is 9.74. The molecular formula is C14H27NO2. The maximum absolute atomic E-state index is 6.17. The summed E-state index contributed by atoms with van der Waals surface area (Å²) in [7, 11) is 0. The molecule has 17 heavy (non-hydrogen) atoms. The van der Waals surface area contributed by atoms with Crippen molar-refractivity contribution in [3.8, 4) is 0 Å². The predicted molar refractivity (Wildman–Crippen MR) is 68.9 cm³/mol. The Kier molecular flexibility index (Phi) is 4.45. The van der Waals surface area contributed by atoms with Crippen molar-refractivity contribution in [2.45, 2.75) is 58.1 Å². The van der Waals surface area contributed by atoms with Crippen LogP contribution in [-0.4, -0.2) is 32.0 Å². The monoisotopic (exact) mass is 241 g/mol. The Balaban J connectivity index is 1.76. The lowest BCUT2D eigenvalue weighted by Gasteiger charge is -2.39. The summed E-state index contributed by atoms with van der Waals surface area (Å²) in [5, 5.41) is 0. The van der Waals surface area contributed by atoms with Crippen molar-refractivity contribution in [3.05, 3.63) is 0 Å². The molecule has 2 rings (SSSR count). The summed E-state index contributed by atoms with van der Waals surface area (Å²) in [4.78, 5) is 0. The molecule has 100 valence electrons. The summed E-state index contributed by atoms with van der Waals surface area (Å²) in [5.41, 5.74) is 6.57. The Morgan fingerprint density at radius 2 is 1.94 bits per heavy atom. The van der Waals surface area contributed by atoms with Crippen molar-refractivity contribution in [2.24, 2.45) is 17.1 Å². The first kappa shape index (κ1) is 13.3. The van der Waals surface area contributed by atoms with Crippen LogP contribution in [0.3, 0.4) is 0 Å². The normalized spacial score (nSPS) is 34.8. The molecule has 0 bridgehead atoms. The molecule has 2 aliphatic rings. The second-order valence-corrected chi connectivity index (χ2v) is 6.50. The maximum atomic E-state index is 6.17. The lowest BCUT2D eigenvalue weighted by molar-refractivity contribution is -0.0504. The number of nitrogens with two attached hydrogens (primary N) is 1. The second kappa shape index (κ2) is 5.68. The molecule has 2 atom stereocenters. The van der Waals surface area contributed by atoms with Gasteiger partial charge in [0.25, 0.3) is 0 Å². The number of hydrogen-bond donors (Lipinski definition) is 1. The Bertz CT molecular complexity index is 236. The van der Waals surface area contributed by atoms with Crippen LogP contribution in [0.25, 0.3) is 0 Å². The molecule has 3 nitrogen and oxygen atoms in total. The molecule has 0 amide bonds. The average molecular weight is 241 g/mol. The molecule has 1 aliphatic heterocycles. The smallest absolute Gasteiger partial charge is 0.0731 e. The van der Waals surface area contributed by atoms with Gasteiger partial charge >= 0.3 is 0 Å². The van der Waals surface area contributed by atoms with Crippen molar-refractivity contribution in [3.63, 3.8) is 0 Å². The van der Waals surface area contributed by atoms with Gasteiger partial charge in [0.15, 0.2) is 0 Å². The van der Waals surface area contributed by atoms with E-state index in [1.807, 2.05) is 0 Å². The van der Waals surface area contributed by atoms with E-state index in [-0.39, 0.29) is 12.1 Å². The van der Waals surface area contributed by atoms with E-state index in [4.69, 9.17) is 15.2 Å². The molecule has 1 aliphatic carbocycles. The first-order chi connectivity index (χ1) is 8.07. The van der Waals surface area contributed by atoms with Crippen molar-refractivity contribution in [2.75, 3.05) is 19.8 Å². The topological polar surface area (TPSA) is 44.5 Å². The molecule has 0 aromatic heterocycles. The van der Waals surface area contributed by atoms with E-state index in [1.54, 1.807) is 0 Å². The third kappa shape index (κ3) is 3.94. The van der Waals surface area contributed by atoms with Crippen molar-refractivity contribution in [1.29, 1.82) is 0 Å². The molecule has 1 heterocycles. The van der Waals surface area contributed by atoms with Crippen LogP contribution >= 0.6 is 0 Å². The van der Waals surface area contributed by atoms with Crippen molar-refractivity contribution < 1.29 is 9.47 Å². The van der Waals surface area contributed by atoms with E-state index in [2.05, 4.69) is 13.8 Å². The number of ether oxygens (including phenoxy) is 2. The minimum Gasteiger partial charge on any atom is -0.381 e. The summed E-state index contributed by atoms with van der Waals surface area (Å²) in [6, 6.07) is 0.239. The maximum Gasteiger partial charge on any atom is 0.0731 e. The SMILES string of the molecule is CC1(C)CCC(N)C(OCC2CCOCC2)C1. The summed E-state index contributed by atoms with van der Waals surface area (Å²) < 4.78 is 11.5. The third-order valence-electron chi connectivity index (χ3n) is 4.27. The van der Waals surface area contributed by atoms with Gasteiger partial charge in [0.1, 0.15) is 0 Å². The molecule has 2 unspecified atom stereocenters. The molecule has 0 spiro atoms. The van der Waals surface area contributed by atoms with Gasteiger partial charge in [0.05, 0.1) is 12.7 Å². The van der Waals surface area contributed by atoms with Crippen LogP contribution in [-0.2, 0) is 9.47 Å². The highest BCUT2D eigenvalue weighted by atomic mass is 16.5. The van der Waals surface area contributed by atoms with Crippen LogP contribution in [0, 0.1) is 11.3 Å². The van der Waals surface area contributed by atoms with E-state index in [0.717, 1.165) is 45.5 Å². The zero-order valence-electron chi connectivity index (χ0n) is 11.3. The van der Waals surface area contributed by atoms with E-state index in [9.17, 15) is 0 Å². The Morgan fingerprint density at radius 1 is 1.24 bits per heavy atom. The van der Waals surface area contributed by atoms with Crippen LogP contribution in [0.2, 0.25) is 0 Å². The quantitative estimate of drug-likeness (QED) is 0.825.